The van der Waals surface area contributed by atoms with E-state index in [1.165, 1.54) is 18.4 Å². The standard InChI is InChI=1S/C13H17N3/c14-6-2-10-16-9-1-3-13(11-16)12-4-7-15-8-5-12/h4-5,7-8,13H,1-3,9-11H2. The number of nitriles is 1. The summed E-state index contributed by atoms with van der Waals surface area (Å²) >= 11 is 0. The third kappa shape index (κ3) is 2.80. The quantitative estimate of drug-likeness (QED) is 0.775. The Morgan fingerprint density at radius 2 is 2.25 bits per heavy atom. The molecule has 1 unspecified atom stereocenters. The van der Waals surface area contributed by atoms with Crippen LogP contribution in [0, 0.1) is 11.3 Å². The van der Waals surface area contributed by atoms with Crippen LogP contribution in [0.15, 0.2) is 24.5 Å². The van der Waals surface area contributed by atoms with Crippen molar-refractivity contribution in [2.45, 2.75) is 25.2 Å². The second-order valence-corrected chi connectivity index (χ2v) is 4.33. The number of hydrogen-bond donors (Lipinski definition) is 0. The third-order valence-electron chi connectivity index (χ3n) is 3.22. The van der Waals surface area contributed by atoms with E-state index in [9.17, 15) is 0 Å². The molecular weight excluding hydrogens is 198 g/mol. The van der Waals surface area contributed by atoms with Crippen molar-refractivity contribution in [3.63, 3.8) is 0 Å². The van der Waals surface area contributed by atoms with Gasteiger partial charge in [-0.1, -0.05) is 0 Å². The third-order valence-corrected chi connectivity index (χ3v) is 3.22. The van der Waals surface area contributed by atoms with Crippen LogP contribution in [0.3, 0.4) is 0 Å². The van der Waals surface area contributed by atoms with Gasteiger partial charge < -0.3 is 4.90 Å². The minimum Gasteiger partial charge on any atom is -0.302 e. The molecule has 0 aliphatic carbocycles. The minimum atomic E-state index is 0.621. The highest BCUT2D eigenvalue weighted by molar-refractivity contribution is 5.16. The zero-order valence-electron chi connectivity index (χ0n) is 9.47. The number of aromatic nitrogens is 1. The van der Waals surface area contributed by atoms with Crippen molar-refractivity contribution >= 4 is 0 Å². The molecule has 0 N–H and O–H groups in total. The lowest BCUT2D eigenvalue weighted by atomic mass is 9.91. The molecule has 16 heavy (non-hydrogen) atoms. The van der Waals surface area contributed by atoms with Crippen LogP contribution in [0.1, 0.15) is 30.7 Å². The van der Waals surface area contributed by atoms with E-state index in [0.717, 1.165) is 19.6 Å². The lowest BCUT2D eigenvalue weighted by Gasteiger charge is -2.32. The number of pyridine rings is 1. The Balaban J connectivity index is 1.94. The first-order valence-electron chi connectivity index (χ1n) is 5.89. The number of nitrogens with zero attached hydrogens (tertiary/aromatic N) is 3. The zero-order valence-corrected chi connectivity index (χ0v) is 9.47. The van der Waals surface area contributed by atoms with Gasteiger partial charge in [-0.15, -0.1) is 0 Å². The van der Waals surface area contributed by atoms with Crippen molar-refractivity contribution in [1.29, 1.82) is 5.26 Å². The zero-order chi connectivity index (χ0) is 11.2. The highest BCUT2D eigenvalue weighted by Gasteiger charge is 2.20. The second kappa shape index (κ2) is 5.62. The first-order chi connectivity index (χ1) is 7.90. The molecule has 84 valence electrons. The molecule has 1 aromatic heterocycles. The Labute approximate surface area is 96.7 Å². The molecule has 1 saturated heterocycles. The SMILES string of the molecule is N#CCCN1CCCC(c2ccncc2)C1. The molecule has 1 aliphatic rings. The van der Waals surface area contributed by atoms with Gasteiger partial charge in [-0.05, 0) is 43.0 Å². The molecule has 0 saturated carbocycles. The summed E-state index contributed by atoms with van der Waals surface area (Å²) in [7, 11) is 0. The Morgan fingerprint density at radius 3 is 3.00 bits per heavy atom. The van der Waals surface area contributed by atoms with Crippen LogP contribution in [0.2, 0.25) is 0 Å². The summed E-state index contributed by atoms with van der Waals surface area (Å²) in [6, 6.07) is 6.44. The van der Waals surface area contributed by atoms with E-state index < -0.39 is 0 Å². The van der Waals surface area contributed by atoms with E-state index in [0.29, 0.717) is 12.3 Å². The van der Waals surface area contributed by atoms with Crippen LogP contribution in [-0.4, -0.2) is 29.5 Å². The topological polar surface area (TPSA) is 39.9 Å². The Morgan fingerprint density at radius 1 is 1.44 bits per heavy atom. The number of likely N-dealkylation sites (tertiary alicyclic amines) is 1. The van der Waals surface area contributed by atoms with E-state index in [1.54, 1.807) is 0 Å². The largest absolute Gasteiger partial charge is 0.302 e. The van der Waals surface area contributed by atoms with E-state index in [1.807, 2.05) is 12.4 Å². The second-order valence-electron chi connectivity index (χ2n) is 4.33. The van der Waals surface area contributed by atoms with E-state index >= 15 is 0 Å². The van der Waals surface area contributed by atoms with Gasteiger partial charge in [0.25, 0.3) is 0 Å². The lowest BCUT2D eigenvalue weighted by molar-refractivity contribution is 0.212. The normalized spacial score (nSPS) is 21.6. The summed E-state index contributed by atoms with van der Waals surface area (Å²) < 4.78 is 0. The van der Waals surface area contributed by atoms with Crippen LogP contribution in [0.4, 0.5) is 0 Å². The number of hydrogen-bond acceptors (Lipinski definition) is 3. The Bertz CT molecular complexity index is 355. The predicted molar refractivity (Wildman–Crippen MR) is 62.9 cm³/mol. The van der Waals surface area contributed by atoms with E-state index in [-0.39, 0.29) is 0 Å². The molecule has 0 aromatic carbocycles. The van der Waals surface area contributed by atoms with Gasteiger partial charge in [-0.3, -0.25) is 4.98 Å². The summed E-state index contributed by atoms with van der Waals surface area (Å²) in [4.78, 5) is 6.45. The van der Waals surface area contributed by atoms with Crippen molar-refractivity contribution in [2.24, 2.45) is 0 Å². The van der Waals surface area contributed by atoms with Crippen molar-refractivity contribution in [3.05, 3.63) is 30.1 Å². The number of piperidine rings is 1. The van der Waals surface area contributed by atoms with Crippen LogP contribution in [0.5, 0.6) is 0 Å². The summed E-state index contributed by atoms with van der Waals surface area (Å²) in [5, 5.41) is 8.59. The Hall–Kier alpha value is -1.40. The highest BCUT2D eigenvalue weighted by atomic mass is 15.1. The molecule has 3 nitrogen and oxygen atoms in total. The average Bonchev–Trinajstić information content (AvgIpc) is 2.38. The molecule has 3 heteroatoms. The van der Waals surface area contributed by atoms with Gasteiger partial charge in [0, 0.05) is 31.9 Å². The van der Waals surface area contributed by atoms with Crippen molar-refractivity contribution in [1.82, 2.24) is 9.88 Å². The van der Waals surface area contributed by atoms with Crippen LogP contribution in [-0.2, 0) is 0 Å². The smallest absolute Gasteiger partial charge is 0.0635 e. The van der Waals surface area contributed by atoms with Crippen molar-refractivity contribution in [2.75, 3.05) is 19.6 Å². The maximum Gasteiger partial charge on any atom is 0.0635 e. The fourth-order valence-electron chi connectivity index (χ4n) is 2.37. The molecule has 1 fully saturated rings. The molecule has 1 aliphatic heterocycles. The average molecular weight is 215 g/mol. The van der Waals surface area contributed by atoms with Gasteiger partial charge in [0.1, 0.15) is 0 Å². The fraction of sp³-hybridized carbons (Fsp3) is 0.538. The Kier molecular flexibility index (Phi) is 3.90. The maximum atomic E-state index is 8.59. The number of rotatable bonds is 3. The summed E-state index contributed by atoms with van der Waals surface area (Å²) in [5.74, 6) is 0.621. The van der Waals surface area contributed by atoms with Crippen molar-refractivity contribution in [3.8, 4) is 6.07 Å². The molecule has 1 aromatic rings. The molecule has 0 radical (unpaired) electrons. The molecular formula is C13H17N3. The first kappa shape index (κ1) is 11.1. The van der Waals surface area contributed by atoms with Gasteiger partial charge in [-0.25, -0.2) is 0 Å². The van der Waals surface area contributed by atoms with Gasteiger partial charge in [0.2, 0.25) is 0 Å². The molecule has 2 rings (SSSR count). The van der Waals surface area contributed by atoms with Gasteiger partial charge in [-0.2, -0.15) is 5.26 Å². The highest BCUT2D eigenvalue weighted by Crippen LogP contribution is 2.26. The monoisotopic (exact) mass is 215 g/mol. The van der Waals surface area contributed by atoms with Gasteiger partial charge in [0.05, 0.1) is 6.07 Å². The van der Waals surface area contributed by atoms with Gasteiger partial charge >= 0.3 is 0 Å². The molecule has 0 spiro atoms. The van der Waals surface area contributed by atoms with Crippen molar-refractivity contribution < 1.29 is 0 Å². The predicted octanol–water partition coefficient (Wildman–Crippen LogP) is 2.17. The maximum absolute atomic E-state index is 8.59. The first-order valence-corrected chi connectivity index (χ1v) is 5.89. The summed E-state index contributed by atoms with van der Waals surface area (Å²) in [5.41, 5.74) is 1.39. The van der Waals surface area contributed by atoms with Gasteiger partial charge in [0.15, 0.2) is 0 Å². The molecule has 0 amide bonds. The lowest BCUT2D eigenvalue weighted by Crippen LogP contribution is -2.34. The molecule has 2 heterocycles. The van der Waals surface area contributed by atoms with Crippen LogP contribution < -0.4 is 0 Å². The van der Waals surface area contributed by atoms with E-state index in [4.69, 9.17) is 5.26 Å². The minimum absolute atomic E-state index is 0.621. The fourth-order valence-corrected chi connectivity index (χ4v) is 2.37. The molecule has 0 bridgehead atoms. The van der Waals surface area contributed by atoms with E-state index in [2.05, 4.69) is 28.1 Å². The summed E-state index contributed by atoms with van der Waals surface area (Å²) in [6.07, 6.45) is 6.86. The van der Waals surface area contributed by atoms with Crippen LogP contribution >= 0.6 is 0 Å². The molecule has 1 atom stereocenters. The summed E-state index contributed by atoms with van der Waals surface area (Å²) in [6.45, 7) is 3.15. The van der Waals surface area contributed by atoms with Crippen LogP contribution in [0.25, 0.3) is 0 Å².